The number of nitrogens with zero attached hydrogens (tertiary/aromatic N) is 2. The second-order valence-electron chi connectivity index (χ2n) is 4.86. The Hall–Kier alpha value is -2.82. The van der Waals surface area contributed by atoms with Gasteiger partial charge in [-0.1, -0.05) is 12.1 Å². The Kier molecular flexibility index (Phi) is 3.78. The molecule has 22 heavy (non-hydrogen) atoms. The zero-order valence-corrected chi connectivity index (χ0v) is 12.4. The average molecular weight is 296 g/mol. The summed E-state index contributed by atoms with van der Waals surface area (Å²) in [4.78, 5) is 11.9. The van der Waals surface area contributed by atoms with Crippen molar-refractivity contribution in [2.45, 2.75) is 6.54 Å². The Morgan fingerprint density at radius 3 is 2.68 bits per heavy atom. The van der Waals surface area contributed by atoms with Gasteiger partial charge in [0.1, 0.15) is 11.5 Å². The molecule has 0 saturated heterocycles. The highest BCUT2D eigenvalue weighted by Crippen LogP contribution is 2.25. The van der Waals surface area contributed by atoms with Gasteiger partial charge in [-0.2, -0.15) is 5.10 Å². The minimum Gasteiger partial charge on any atom is -0.497 e. The summed E-state index contributed by atoms with van der Waals surface area (Å²) < 4.78 is 12.4. The van der Waals surface area contributed by atoms with Crippen molar-refractivity contribution >= 4 is 10.9 Å². The Bertz CT molecular complexity index is 871. The van der Waals surface area contributed by atoms with Gasteiger partial charge in [-0.05, 0) is 30.3 Å². The molecule has 3 rings (SSSR count). The van der Waals surface area contributed by atoms with Crippen LogP contribution in [0.2, 0.25) is 0 Å². The highest BCUT2D eigenvalue weighted by atomic mass is 16.5. The molecule has 0 bridgehead atoms. The summed E-state index contributed by atoms with van der Waals surface area (Å²) in [6, 6.07) is 13.0. The Labute approximate surface area is 127 Å². The molecule has 0 spiro atoms. The fourth-order valence-electron chi connectivity index (χ4n) is 2.45. The lowest BCUT2D eigenvalue weighted by Gasteiger charge is -2.13. The first-order chi connectivity index (χ1) is 10.7. The van der Waals surface area contributed by atoms with E-state index in [1.165, 1.54) is 6.20 Å². The molecule has 0 amide bonds. The summed E-state index contributed by atoms with van der Waals surface area (Å²) in [5.41, 5.74) is 1.65. The highest BCUT2D eigenvalue weighted by Gasteiger charge is 2.09. The third kappa shape index (κ3) is 2.53. The van der Waals surface area contributed by atoms with Crippen molar-refractivity contribution in [2.24, 2.45) is 0 Å². The van der Waals surface area contributed by atoms with Gasteiger partial charge in [0.25, 0.3) is 0 Å². The van der Waals surface area contributed by atoms with E-state index in [4.69, 9.17) is 9.47 Å². The molecule has 0 radical (unpaired) electrons. The topological polar surface area (TPSA) is 53.4 Å². The third-order valence-electron chi connectivity index (χ3n) is 3.57. The van der Waals surface area contributed by atoms with E-state index in [1.807, 2.05) is 36.4 Å². The lowest BCUT2D eigenvalue weighted by molar-refractivity contribution is 0.397. The molecular formula is C17H16N2O3. The van der Waals surface area contributed by atoms with E-state index in [2.05, 4.69) is 5.10 Å². The summed E-state index contributed by atoms with van der Waals surface area (Å²) >= 11 is 0. The number of hydrogen-bond donors (Lipinski definition) is 0. The molecule has 0 aliphatic heterocycles. The van der Waals surface area contributed by atoms with Crippen molar-refractivity contribution in [3.63, 3.8) is 0 Å². The monoisotopic (exact) mass is 296 g/mol. The lowest BCUT2D eigenvalue weighted by atomic mass is 10.1. The quantitative estimate of drug-likeness (QED) is 0.742. The zero-order chi connectivity index (χ0) is 15.5. The predicted octanol–water partition coefficient (Wildman–Crippen LogP) is 2.46. The van der Waals surface area contributed by atoms with Crippen molar-refractivity contribution in [2.75, 3.05) is 14.2 Å². The number of benzene rings is 2. The van der Waals surface area contributed by atoms with Crippen molar-refractivity contribution < 1.29 is 9.47 Å². The van der Waals surface area contributed by atoms with Gasteiger partial charge in [0.15, 0.2) is 0 Å². The number of para-hydroxylation sites is 1. The van der Waals surface area contributed by atoms with E-state index in [0.29, 0.717) is 11.9 Å². The van der Waals surface area contributed by atoms with E-state index < -0.39 is 0 Å². The zero-order valence-electron chi connectivity index (χ0n) is 12.4. The van der Waals surface area contributed by atoms with Gasteiger partial charge in [-0.25, -0.2) is 0 Å². The molecule has 0 atom stereocenters. The fourth-order valence-corrected chi connectivity index (χ4v) is 2.45. The van der Waals surface area contributed by atoms with Crippen LogP contribution in [-0.2, 0) is 6.54 Å². The largest absolute Gasteiger partial charge is 0.497 e. The molecular weight excluding hydrogens is 280 g/mol. The van der Waals surface area contributed by atoms with Crippen molar-refractivity contribution in [3.05, 3.63) is 64.4 Å². The van der Waals surface area contributed by atoms with Gasteiger partial charge in [-0.15, -0.1) is 0 Å². The van der Waals surface area contributed by atoms with Crippen LogP contribution in [-0.4, -0.2) is 24.0 Å². The van der Waals surface area contributed by atoms with Gasteiger partial charge in [-0.3, -0.25) is 9.48 Å². The van der Waals surface area contributed by atoms with E-state index >= 15 is 0 Å². The number of rotatable bonds is 4. The maximum atomic E-state index is 11.9. The molecule has 3 aromatic rings. The molecule has 0 unspecified atom stereocenters. The molecule has 0 fully saturated rings. The van der Waals surface area contributed by atoms with Crippen LogP contribution in [0.4, 0.5) is 0 Å². The molecule has 2 aromatic carbocycles. The fraction of sp³-hybridized carbons (Fsp3) is 0.176. The molecule has 1 aromatic heterocycles. The van der Waals surface area contributed by atoms with Gasteiger partial charge in [0.05, 0.1) is 32.5 Å². The van der Waals surface area contributed by atoms with Gasteiger partial charge in [0.2, 0.25) is 5.43 Å². The molecule has 0 aliphatic carbocycles. The SMILES string of the molecule is COc1ccc(OC)c(Cn2ncc(=O)c3ccccc32)c1. The van der Waals surface area contributed by atoms with Crippen LogP contribution in [0.3, 0.4) is 0 Å². The standard InChI is InChI=1S/C17H16N2O3/c1-21-13-7-8-17(22-2)12(9-13)11-19-15-6-4-3-5-14(15)16(20)10-18-19/h3-10H,11H2,1-2H3. The minimum atomic E-state index is -0.0792. The summed E-state index contributed by atoms with van der Waals surface area (Å²) in [6.45, 7) is 0.487. The third-order valence-corrected chi connectivity index (χ3v) is 3.57. The second-order valence-corrected chi connectivity index (χ2v) is 4.86. The first kappa shape index (κ1) is 14.1. The van der Waals surface area contributed by atoms with Gasteiger partial charge in [0, 0.05) is 10.9 Å². The van der Waals surface area contributed by atoms with Crippen LogP contribution in [0.1, 0.15) is 5.56 Å². The van der Waals surface area contributed by atoms with E-state index in [0.717, 1.165) is 22.6 Å². The van der Waals surface area contributed by atoms with E-state index in [-0.39, 0.29) is 5.43 Å². The lowest BCUT2D eigenvalue weighted by Crippen LogP contribution is -2.13. The van der Waals surface area contributed by atoms with E-state index in [1.54, 1.807) is 25.0 Å². The van der Waals surface area contributed by atoms with Crippen molar-refractivity contribution in [3.8, 4) is 11.5 Å². The van der Waals surface area contributed by atoms with Crippen molar-refractivity contribution in [1.29, 1.82) is 0 Å². The highest BCUT2D eigenvalue weighted by molar-refractivity contribution is 5.78. The minimum absolute atomic E-state index is 0.0792. The average Bonchev–Trinajstić information content (AvgIpc) is 2.57. The molecule has 1 heterocycles. The first-order valence-corrected chi connectivity index (χ1v) is 6.88. The van der Waals surface area contributed by atoms with E-state index in [9.17, 15) is 4.79 Å². The number of fused-ring (bicyclic) bond motifs is 1. The summed E-state index contributed by atoms with van der Waals surface area (Å²) in [5.74, 6) is 1.51. The number of hydrogen-bond acceptors (Lipinski definition) is 4. The molecule has 0 aliphatic rings. The normalized spacial score (nSPS) is 10.6. The maximum absolute atomic E-state index is 11.9. The Balaban J connectivity index is 2.11. The molecule has 5 nitrogen and oxygen atoms in total. The number of aromatic nitrogens is 2. The maximum Gasteiger partial charge on any atom is 0.207 e. The first-order valence-electron chi connectivity index (χ1n) is 6.88. The van der Waals surface area contributed by atoms with Gasteiger partial charge >= 0.3 is 0 Å². The van der Waals surface area contributed by atoms with Crippen LogP contribution in [0.5, 0.6) is 11.5 Å². The smallest absolute Gasteiger partial charge is 0.207 e. The molecule has 0 N–H and O–H groups in total. The Morgan fingerprint density at radius 1 is 1.09 bits per heavy atom. The molecule has 5 heteroatoms. The van der Waals surface area contributed by atoms with Gasteiger partial charge < -0.3 is 9.47 Å². The van der Waals surface area contributed by atoms with Crippen LogP contribution in [0.15, 0.2) is 53.5 Å². The van der Waals surface area contributed by atoms with Crippen molar-refractivity contribution in [1.82, 2.24) is 9.78 Å². The molecule has 0 saturated carbocycles. The van der Waals surface area contributed by atoms with Crippen LogP contribution < -0.4 is 14.9 Å². The summed E-state index contributed by atoms with van der Waals surface area (Å²) in [6.07, 6.45) is 1.34. The summed E-state index contributed by atoms with van der Waals surface area (Å²) in [7, 11) is 3.25. The molecule has 112 valence electrons. The van der Waals surface area contributed by atoms with Crippen LogP contribution in [0.25, 0.3) is 10.9 Å². The Morgan fingerprint density at radius 2 is 1.91 bits per heavy atom. The van der Waals surface area contributed by atoms with Crippen LogP contribution in [0, 0.1) is 0 Å². The predicted molar refractivity (Wildman–Crippen MR) is 84.7 cm³/mol. The number of methoxy groups -OCH3 is 2. The van der Waals surface area contributed by atoms with Crippen LogP contribution >= 0.6 is 0 Å². The number of ether oxygens (including phenoxy) is 2. The summed E-state index contributed by atoms with van der Waals surface area (Å²) in [5, 5.41) is 4.89. The second kappa shape index (κ2) is 5.89.